The third-order valence-electron chi connectivity index (χ3n) is 16.4. The Morgan fingerprint density at radius 1 is 0.204 bits per heavy atom. The molecule has 522 valence electrons. The van der Waals surface area contributed by atoms with Crippen LogP contribution in [-0.2, 0) is 0 Å². The number of nitrogens with zero attached hydrogens (tertiary/aromatic N) is 3. The molecule has 93 heavy (non-hydrogen) atoms. The molecule has 12 nitrogen and oxygen atoms in total. The highest BCUT2D eigenvalue weighted by Crippen LogP contribution is 2.43. The van der Waals surface area contributed by atoms with E-state index in [4.69, 9.17) is 57.6 Å². The highest BCUT2D eigenvalue weighted by Gasteiger charge is 2.20. The Kier molecular flexibility index (Phi) is 45.6. The normalized spacial score (nSPS) is 11.6. The van der Waals surface area contributed by atoms with Gasteiger partial charge in [-0.2, -0.15) is 0 Å². The Bertz CT molecular complexity index is 2220. The van der Waals surface area contributed by atoms with Crippen molar-refractivity contribution in [2.45, 2.75) is 293 Å². The van der Waals surface area contributed by atoms with Gasteiger partial charge in [-0.3, -0.25) is 0 Å². The van der Waals surface area contributed by atoms with E-state index in [2.05, 4.69) is 98.7 Å². The van der Waals surface area contributed by atoms with Crippen molar-refractivity contribution in [2.75, 3.05) is 59.5 Å². The van der Waals surface area contributed by atoms with Crippen LogP contribution in [0.3, 0.4) is 0 Å². The third-order valence-corrected chi connectivity index (χ3v) is 16.4. The Balaban J connectivity index is 1.95. The summed E-state index contributed by atoms with van der Waals surface area (Å²) in [5, 5.41) is 0. The Hall–Kier alpha value is -5.91. The van der Waals surface area contributed by atoms with Gasteiger partial charge >= 0.3 is 0 Å². The summed E-state index contributed by atoms with van der Waals surface area (Å²) in [5.74, 6) is 7.66. The standard InChI is InChI=1S/C81H129N3O9/c1-10-19-28-37-52-85-70-61-67(62-71(86-53-38-29-20-11-2)79(70)91-58-43-34-25-16-7)46-49-76-82-77(50-47-68-63-72(87-54-39-30-21-12-3)80(92-59-44-35-26-17-8)73(64-68)88-55-40-31-22-13-4)84-78(83-76)51-48-69-65-74(89-56-41-32-23-14-5)81(93-60-45-36-27-18-9)75(66-69)90-57-42-33-24-15-6/h46-51,61-66H,10-45,52-60H2,1-9H3/b49-46+,50-47+,51-48+. The van der Waals surface area contributed by atoms with E-state index in [1.165, 1.54) is 57.8 Å². The maximum Gasteiger partial charge on any atom is 0.203 e. The molecule has 0 amide bonds. The first-order valence-electron chi connectivity index (χ1n) is 37.8. The number of rotatable bonds is 60. The van der Waals surface area contributed by atoms with Crippen LogP contribution >= 0.6 is 0 Å². The van der Waals surface area contributed by atoms with Gasteiger partial charge in [-0.05, 0) is 129 Å². The number of benzene rings is 3. The monoisotopic (exact) mass is 1290 g/mol. The predicted molar refractivity (Wildman–Crippen MR) is 393 cm³/mol. The van der Waals surface area contributed by atoms with E-state index in [-0.39, 0.29) is 0 Å². The van der Waals surface area contributed by atoms with Crippen molar-refractivity contribution in [3.8, 4) is 51.7 Å². The van der Waals surface area contributed by atoms with Gasteiger partial charge in [0.2, 0.25) is 17.2 Å². The minimum Gasteiger partial charge on any atom is -0.490 e. The number of hydrogen-bond donors (Lipinski definition) is 0. The second kappa shape index (κ2) is 53.4. The van der Waals surface area contributed by atoms with Gasteiger partial charge in [0.05, 0.1) is 59.5 Å². The van der Waals surface area contributed by atoms with E-state index in [0.29, 0.717) is 129 Å². The lowest BCUT2D eigenvalue weighted by Gasteiger charge is -2.18. The largest absolute Gasteiger partial charge is 0.490 e. The van der Waals surface area contributed by atoms with Crippen LogP contribution in [0.25, 0.3) is 36.5 Å². The summed E-state index contributed by atoms with van der Waals surface area (Å²) in [6.07, 6.45) is 51.7. The van der Waals surface area contributed by atoms with Gasteiger partial charge in [0, 0.05) is 0 Å². The quantitative estimate of drug-likeness (QED) is 0.0391. The molecule has 4 rings (SSSR count). The van der Waals surface area contributed by atoms with E-state index in [1.54, 1.807) is 0 Å². The van der Waals surface area contributed by atoms with Crippen molar-refractivity contribution in [2.24, 2.45) is 0 Å². The zero-order chi connectivity index (χ0) is 66.5. The fourth-order valence-electron chi connectivity index (χ4n) is 10.7. The topological polar surface area (TPSA) is 122 Å². The first-order valence-corrected chi connectivity index (χ1v) is 37.8. The first kappa shape index (κ1) is 79.5. The van der Waals surface area contributed by atoms with Gasteiger partial charge in [-0.15, -0.1) is 0 Å². The van der Waals surface area contributed by atoms with Crippen LogP contribution in [0.15, 0.2) is 36.4 Å². The lowest BCUT2D eigenvalue weighted by atomic mass is 10.1. The number of aromatic nitrogens is 3. The smallest absolute Gasteiger partial charge is 0.203 e. The SMILES string of the molecule is CCCCCCOc1cc(/C=C/c2nc(/C=C/c3cc(OCCCCCC)c(OCCCCCC)c(OCCCCCC)c3)nc(/C=C/c3cc(OCCCCCC)c(OCCCCCC)c(OCCCCCC)c3)n2)cc(OCCCCCC)c1OCCCCCC. The van der Waals surface area contributed by atoms with Crippen LogP contribution in [0.2, 0.25) is 0 Å². The van der Waals surface area contributed by atoms with E-state index < -0.39 is 0 Å². The van der Waals surface area contributed by atoms with Crippen LogP contribution in [0, 0.1) is 0 Å². The van der Waals surface area contributed by atoms with E-state index in [0.717, 1.165) is 190 Å². The minimum absolute atomic E-state index is 0.489. The molecule has 0 aliphatic rings. The maximum atomic E-state index is 6.64. The molecule has 0 N–H and O–H groups in total. The number of hydrogen-bond acceptors (Lipinski definition) is 12. The highest BCUT2D eigenvalue weighted by molar-refractivity contribution is 5.75. The average Bonchev–Trinajstić information content (AvgIpc) is 1.03. The summed E-state index contributed by atoms with van der Waals surface area (Å²) in [6, 6.07) is 12.4. The fourth-order valence-corrected chi connectivity index (χ4v) is 10.7. The summed E-state index contributed by atoms with van der Waals surface area (Å²) >= 11 is 0. The first-order chi connectivity index (χ1) is 45.8. The van der Waals surface area contributed by atoms with E-state index in [1.807, 2.05) is 36.5 Å². The zero-order valence-corrected chi connectivity index (χ0v) is 60.3. The van der Waals surface area contributed by atoms with Crippen LogP contribution in [0.5, 0.6) is 51.7 Å². The van der Waals surface area contributed by atoms with Gasteiger partial charge in [0.15, 0.2) is 52.0 Å². The minimum atomic E-state index is 0.489. The molecule has 0 fully saturated rings. The van der Waals surface area contributed by atoms with Gasteiger partial charge < -0.3 is 42.6 Å². The lowest BCUT2D eigenvalue weighted by Crippen LogP contribution is -2.07. The van der Waals surface area contributed by atoms with Crippen molar-refractivity contribution in [1.82, 2.24) is 15.0 Å². The maximum absolute atomic E-state index is 6.64. The predicted octanol–water partition coefficient (Wildman–Crippen LogP) is 24.0. The van der Waals surface area contributed by atoms with E-state index >= 15 is 0 Å². The Morgan fingerprint density at radius 3 is 0.527 bits per heavy atom. The molecule has 0 unspecified atom stereocenters. The third kappa shape index (κ3) is 34.9. The van der Waals surface area contributed by atoms with Gasteiger partial charge in [0.1, 0.15) is 0 Å². The van der Waals surface area contributed by atoms with Crippen LogP contribution < -0.4 is 42.6 Å². The molecule has 1 heterocycles. The summed E-state index contributed by atoms with van der Waals surface area (Å²) in [7, 11) is 0. The summed E-state index contributed by atoms with van der Waals surface area (Å²) in [5.41, 5.74) is 2.68. The number of unbranched alkanes of at least 4 members (excludes halogenated alkanes) is 27. The van der Waals surface area contributed by atoms with Gasteiger partial charge in [-0.25, -0.2) is 15.0 Å². The molecule has 0 aliphatic heterocycles. The lowest BCUT2D eigenvalue weighted by molar-refractivity contribution is 0.234. The molecular weight excluding hydrogens is 1160 g/mol. The number of ether oxygens (including phenoxy) is 9. The molecule has 0 saturated heterocycles. The van der Waals surface area contributed by atoms with Crippen molar-refractivity contribution in [3.05, 3.63) is 70.6 Å². The molecule has 3 aromatic carbocycles. The summed E-state index contributed by atoms with van der Waals surface area (Å²) in [6.45, 7) is 25.5. The summed E-state index contributed by atoms with van der Waals surface area (Å²) < 4.78 is 59.7. The van der Waals surface area contributed by atoms with E-state index in [9.17, 15) is 0 Å². The highest BCUT2D eigenvalue weighted by atomic mass is 16.6. The average molecular weight is 1290 g/mol. The van der Waals surface area contributed by atoms with Gasteiger partial charge in [-0.1, -0.05) is 254 Å². The second-order valence-electron chi connectivity index (χ2n) is 25.1. The molecule has 0 bridgehead atoms. The van der Waals surface area contributed by atoms with Crippen LogP contribution in [0.4, 0.5) is 0 Å². The Morgan fingerprint density at radius 2 is 0.366 bits per heavy atom. The zero-order valence-electron chi connectivity index (χ0n) is 60.3. The molecule has 12 heteroatoms. The van der Waals surface area contributed by atoms with Crippen molar-refractivity contribution < 1.29 is 42.6 Å². The summed E-state index contributed by atoms with van der Waals surface area (Å²) in [4.78, 5) is 15.4. The second-order valence-corrected chi connectivity index (χ2v) is 25.1. The molecule has 0 atom stereocenters. The molecule has 0 radical (unpaired) electrons. The van der Waals surface area contributed by atoms with Gasteiger partial charge in [0.25, 0.3) is 0 Å². The molecular formula is C81H129N3O9. The van der Waals surface area contributed by atoms with Crippen LogP contribution in [0.1, 0.15) is 328 Å². The van der Waals surface area contributed by atoms with Crippen LogP contribution in [-0.4, -0.2) is 74.4 Å². The molecule has 0 saturated carbocycles. The van der Waals surface area contributed by atoms with Crippen molar-refractivity contribution in [3.63, 3.8) is 0 Å². The fraction of sp³-hybridized carbons (Fsp3) is 0.667. The van der Waals surface area contributed by atoms with Crippen molar-refractivity contribution in [1.29, 1.82) is 0 Å². The molecule has 1 aromatic heterocycles. The molecule has 4 aromatic rings. The van der Waals surface area contributed by atoms with Crippen molar-refractivity contribution >= 4 is 36.5 Å². The Labute approximate surface area is 566 Å². The molecule has 0 aliphatic carbocycles. The molecule has 0 spiro atoms.